The standard InChI is InChI=1S/C26H29N5O6S/c1-26(2,3)37-25(36)30-19(22(33)34)13-16-9-11-18(12-10-16)28-21(32)20-15-38-24(29-20)31-23(35)27-14-17-7-5-4-6-8-17/h4-12,15,19H,13-14H2,1-3H3,(H,28,32)(H,30,36)(H,33,34)(H2,27,29,31,35)/t19-/m1/s1. The number of aromatic nitrogens is 1. The quantitative estimate of drug-likeness (QED) is 0.272. The molecule has 3 rings (SSSR count). The lowest BCUT2D eigenvalue weighted by atomic mass is 10.1. The summed E-state index contributed by atoms with van der Waals surface area (Å²) in [5, 5.41) is 21.6. The molecule has 1 heterocycles. The van der Waals surface area contributed by atoms with E-state index in [9.17, 15) is 24.3 Å². The summed E-state index contributed by atoms with van der Waals surface area (Å²) >= 11 is 1.11. The van der Waals surface area contributed by atoms with Crippen LogP contribution in [0.4, 0.5) is 20.4 Å². The van der Waals surface area contributed by atoms with Crippen LogP contribution in [0.2, 0.25) is 0 Å². The second-order valence-corrected chi connectivity index (χ2v) is 10.1. The average molecular weight is 540 g/mol. The second kappa shape index (κ2) is 12.7. The van der Waals surface area contributed by atoms with Crippen LogP contribution in [-0.2, 0) is 22.5 Å². The molecule has 0 saturated heterocycles. The number of rotatable bonds is 9. The van der Waals surface area contributed by atoms with E-state index in [4.69, 9.17) is 4.74 Å². The molecular formula is C26H29N5O6S. The van der Waals surface area contributed by atoms with Gasteiger partial charge in [-0.1, -0.05) is 42.5 Å². The molecule has 38 heavy (non-hydrogen) atoms. The van der Waals surface area contributed by atoms with Crippen molar-refractivity contribution in [2.45, 2.75) is 45.4 Å². The molecule has 4 amide bonds. The monoisotopic (exact) mass is 539 g/mol. The normalized spacial score (nSPS) is 11.7. The summed E-state index contributed by atoms with van der Waals surface area (Å²) in [7, 11) is 0. The molecule has 1 atom stereocenters. The number of alkyl carbamates (subject to hydrolysis) is 1. The number of anilines is 2. The number of amides is 4. The van der Waals surface area contributed by atoms with Crippen LogP contribution in [0.1, 0.15) is 42.4 Å². The van der Waals surface area contributed by atoms with E-state index in [1.54, 1.807) is 45.0 Å². The number of carbonyl (C=O) groups excluding carboxylic acids is 3. The highest BCUT2D eigenvalue weighted by molar-refractivity contribution is 7.14. The van der Waals surface area contributed by atoms with Crippen molar-refractivity contribution in [2.75, 3.05) is 10.6 Å². The molecular weight excluding hydrogens is 510 g/mol. The van der Waals surface area contributed by atoms with Crippen LogP contribution >= 0.6 is 11.3 Å². The van der Waals surface area contributed by atoms with Gasteiger partial charge in [0.25, 0.3) is 5.91 Å². The van der Waals surface area contributed by atoms with Crippen molar-refractivity contribution in [1.29, 1.82) is 0 Å². The number of hydrogen-bond acceptors (Lipinski definition) is 7. The van der Waals surface area contributed by atoms with Crippen LogP contribution in [0.15, 0.2) is 60.0 Å². The first-order valence-corrected chi connectivity index (χ1v) is 12.5. The SMILES string of the molecule is CC(C)(C)OC(=O)N[C@H](Cc1ccc(NC(=O)c2csc(NC(=O)NCc3ccccc3)n2)cc1)C(=O)O. The first-order chi connectivity index (χ1) is 18.0. The molecule has 0 saturated carbocycles. The Morgan fingerprint density at radius 1 is 0.974 bits per heavy atom. The van der Waals surface area contributed by atoms with Crippen LogP contribution in [-0.4, -0.2) is 45.7 Å². The first-order valence-electron chi connectivity index (χ1n) is 11.7. The summed E-state index contributed by atoms with van der Waals surface area (Å²) in [6.07, 6.45) is -0.796. The number of carbonyl (C=O) groups is 4. The Balaban J connectivity index is 1.51. The van der Waals surface area contributed by atoms with Crippen LogP contribution in [0.5, 0.6) is 0 Å². The zero-order chi connectivity index (χ0) is 27.7. The number of carboxylic acids is 1. The highest BCUT2D eigenvalue weighted by Crippen LogP contribution is 2.18. The highest BCUT2D eigenvalue weighted by atomic mass is 32.1. The first kappa shape index (κ1) is 28.1. The maximum Gasteiger partial charge on any atom is 0.408 e. The molecule has 200 valence electrons. The number of ether oxygens (including phenoxy) is 1. The topological polar surface area (TPSA) is 159 Å². The number of urea groups is 1. The summed E-state index contributed by atoms with van der Waals surface area (Å²) in [4.78, 5) is 52.4. The Kier molecular flexibility index (Phi) is 9.39. The number of aliphatic carboxylic acids is 1. The molecule has 0 unspecified atom stereocenters. The molecule has 0 aliphatic rings. The van der Waals surface area contributed by atoms with E-state index in [0.717, 1.165) is 16.9 Å². The molecule has 11 nitrogen and oxygen atoms in total. The second-order valence-electron chi connectivity index (χ2n) is 9.22. The molecule has 0 aliphatic heterocycles. The van der Waals surface area contributed by atoms with Crippen LogP contribution in [0, 0.1) is 0 Å². The van der Waals surface area contributed by atoms with Crippen LogP contribution in [0.25, 0.3) is 0 Å². The molecule has 0 radical (unpaired) electrons. The van der Waals surface area contributed by atoms with Crippen LogP contribution in [0.3, 0.4) is 0 Å². The van der Waals surface area contributed by atoms with Gasteiger partial charge in [0.05, 0.1) is 0 Å². The fourth-order valence-electron chi connectivity index (χ4n) is 3.16. The minimum Gasteiger partial charge on any atom is -0.480 e. The molecule has 0 spiro atoms. The van der Waals surface area contributed by atoms with Crippen molar-refractivity contribution in [3.05, 3.63) is 76.8 Å². The Morgan fingerprint density at radius 3 is 2.29 bits per heavy atom. The van der Waals surface area contributed by atoms with Gasteiger partial charge in [-0.2, -0.15) is 0 Å². The Labute approximate surface area is 223 Å². The summed E-state index contributed by atoms with van der Waals surface area (Å²) in [5.74, 6) is -1.67. The predicted molar refractivity (Wildman–Crippen MR) is 143 cm³/mol. The van der Waals surface area contributed by atoms with Crippen molar-refractivity contribution in [1.82, 2.24) is 15.6 Å². The number of carboxylic acid groups (broad SMARTS) is 1. The van der Waals surface area contributed by atoms with E-state index in [-0.39, 0.29) is 17.2 Å². The molecule has 0 bridgehead atoms. The van der Waals surface area contributed by atoms with Gasteiger partial charge in [-0.25, -0.2) is 19.4 Å². The minimum atomic E-state index is -1.20. The van der Waals surface area contributed by atoms with E-state index in [2.05, 4.69) is 26.3 Å². The Bertz CT molecular complexity index is 1270. The lowest BCUT2D eigenvalue weighted by molar-refractivity contribution is -0.139. The summed E-state index contributed by atoms with van der Waals surface area (Å²) in [5.41, 5.74) is 1.42. The van der Waals surface area contributed by atoms with Gasteiger partial charge in [0.15, 0.2) is 5.13 Å². The lowest BCUT2D eigenvalue weighted by Crippen LogP contribution is -2.44. The number of nitrogens with zero attached hydrogens (tertiary/aromatic N) is 1. The molecule has 3 aromatic rings. The number of hydrogen-bond donors (Lipinski definition) is 5. The molecule has 5 N–H and O–H groups in total. The van der Waals surface area contributed by atoms with Gasteiger partial charge in [0, 0.05) is 24.0 Å². The zero-order valence-corrected chi connectivity index (χ0v) is 21.9. The molecule has 2 aromatic carbocycles. The van der Waals surface area contributed by atoms with Gasteiger partial charge in [-0.15, -0.1) is 11.3 Å². The fraction of sp³-hybridized carbons (Fsp3) is 0.269. The fourth-order valence-corrected chi connectivity index (χ4v) is 3.85. The van der Waals surface area contributed by atoms with Crippen molar-refractivity contribution < 1.29 is 29.0 Å². The maximum atomic E-state index is 12.6. The Morgan fingerprint density at radius 2 is 1.66 bits per heavy atom. The van der Waals surface area contributed by atoms with Gasteiger partial charge in [-0.3, -0.25) is 10.1 Å². The van der Waals surface area contributed by atoms with Crippen molar-refractivity contribution in [2.24, 2.45) is 0 Å². The maximum absolute atomic E-state index is 12.6. The van der Waals surface area contributed by atoms with E-state index in [1.165, 1.54) is 5.38 Å². The van der Waals surface area contributed by atoms with E-state index in [0.29, 0.717) is 17.8 Å². The zero-order valence-electron chi connectivity index (χ0n) is 21.1. The van der Waals surface area contributed by atoms with Gasteiger partial charge in [0.1, 0.15) is 17.3 Å². The number of benzene rings is 2. The average Bonchev–Trinajstić information content (AvgIpc) is 3.31. The number of nitrogens with one attached hydrogen (secondary N) is 4. The third kappa shape index (κ3) is 9.21. The Hall–Kier alpha value is -4.45. The van der Waals surface area contributed by atoms with Gasteiger partial charge in [0.2, 0.25) is 0 Å². The smallest absolute Gasteiger partial charge is 0.408 e. The van der Waals surface area contributed by atoms with Gasteiger partial charge < -0.3 is 25.8 Å². The van der Waals surface area contributed by atoms with Crippen molar-refractivity contribution in [3.63, 3.8) is 0 Å². The third-order valence-electron chi connectivity index (χ3n) is 4.89. The summed E-state index contributed by atoms with van der Waals surface area (Å²) in [6, 6.07) is 14.3. The summed E-state index contributed by atoms with van der Waals surface area (Å²) in [6.45, 7) is 5.40. The van der Waals surface area contributed by atoms with E-state index >= 15 is 0 Å². The van der Waals surface area contributed by atoms with Crippen molar-refractivity contribution >= 4 is 46.2 Å². The number of thiazole rings is 1. The van der Waals surface area contributed by atoms with E-state index in [1.807, 2.05) is 30.3 Å². The van der Waals surface area contributed by atoms with Gasteiger partial charge in [-0.05, 0) is 44.0 Å². The highest BCUT2D eigenvalue weighted by Gasteiger charge is 2.24. The molecule has 0 fully saturated rings. The minimum absolute atomic E-state index is 0.0241. The molecule has 1 aromatic heterocycles. The largest absolute Gasteiger partial charge is 0.480 e. The predicted octanol–water partition coefficient (Wildman–Crippen LogP) is 4.24. The van der Waals surface area contributed by atoms with E-state index < -0.39 is 35.6 Å². The molecule has 0 aliphatic carbocycles. The van der Waals surface area contributed by atoms with Crippen LogP contribution < -0.4 is 21.3 Å². The van der Waals surface area contributed by atoms with Gasteiger partial charge >= 0.3 is 18.1 Å². The lowest BCUT2D eigenvalue weighted by Gasteiger charge is -2.22. The summed E-state index contributed by atoms with van der Waals surface area (Å²) < 4.78 is 5.12. The van der Waals surface area contributed by atoms with Crippen molar-refractivity contribution in [3.8, 4) is 0 Å². The molecule has 12 heteroatoms. The third-order valence-corrected chi connectivity index (χ3v) is 5.65.